The molecule has 1 aromatic carbocycles. The quantitative estimate of drug-likeness (QED) is 0.819. The number of nitrogens with zero attached hydrogens (tertiary/aromatic N) is 3. The normalized spacial score (nSPS) is 12.2. The van der Waals surface area contributed by atoms with Gasteiger partial charge in [-0.3, -0.25) is 4.98 Å². The standard InChI is InChI=1S/C14H19N3O2S/c1-3-4-9-20(18,19)17(2)11-12-10-15-13-7-5-6-8-14(13)16-12/h5-8,10H,3-4,9,11H2,1-2H3. The monoisotopic (exact) mass is 293 g/mol. The summed E-state index contributed by atoms with van der Waals surface area (Å²) in [5.74, 6) is 0.182. The van der Waals surface area contributed by atoms with Crippen LogP contribution in [0.3, 0.4) is 0 Å². The van der Waals surface area contributed by atoms with E-state index < -0.39 is 10.0 Å². The van der Waals surface area contributed by atoms with E-state index in [1.165, 1.54) is 4.31 Å². The summed E-state index contributed by atoms with van der Waals surface area (Å²) >= 11 is 0. The zero-order valence-corrected chi connectivity index (χ0v) is 12.6. The second-order valence-corrected chi connectivity index (χ2v) is 6.97. The fraction of sp³-hybridized carbons (Fsp3) is 0.429. The van der Waals surface area contributed by atoms with Gasteiger partial charge >= 0.3 is 0 Å². The van der Waals surface area contributed by atoms with Gasteiger partial charge in [-0.25, -0.2) is 13.4 Å². The molecule has 5 nitrogen and oxygen atoms in total. The van der Waals surface area contributed by atoms with Gasteiger partial charge in [-0.1, -0.05) is 25.5 Å². The molecular weight excluding hydrogens is 274 g/mol. The summed E-state index contributed by atoms with van der Waals surface area (Å²) in [5, 5.41) is 0. The maximum Gasteiger partial charge on any atom is 0.214 e. The van der Waals surface area contributed by atoms with Gasteiger partial charge in [-0.2, -0.15) is 4.31 Å². The second kappa shape index (κ2) is 6.28. The van der Waals surface area contributed by atoms with E-state index in [0.29, 0.717) is 12.1 Å². The van der Waals surface area contributed by atoms with Crippen LogP contribution in [0.15, 0.2) is 30.5 Å². The van der Waals surface area contributed by atoms with Crippen molar-refractivity contribution in [1.29, 1.82) is 0 Å². The minimum atomic E-state index is -3.21. The fourth-order valence-corrected chi connectivity index (χ4v) is 3.17. The highest BCUT2D eigenvalue weighted by atomic mass is 32.2. The van der Waals surface area contributed by atoms with Gasteiger partial charge < -0.3 is 0 Å². The van der Waals surface area contributed by atoms with Crippen LogP contribution in [0.4, 0.5) is 0 Å². The van der Waals surface area contributed by atoms with Crippen molar-refractivity contribution in [3.05, 3.63) is 36.2 Å². The zero-order valence-electron chi connectivity index (χ0n) is 11.8. The van der Waals surface area contributed by atoms with E-state index in [0.717, 1.165) is 17.5 Å². The first-order valence-electron chi connectivity index (χ1n) is 6.67. The van der Waals surface area contributed by atoms with Gasteiger partial charge in [0.1, 0.15) is 0 Å². The molecule has 0 unspecified atom stereocenters. The highest BCUT2D eigenvalue weighted by molar-refractivity contribution is 7.89. The van der Waals surface area contributed by atoms with Crippen LogP contribution in [-0.4, -0.2) is 35.5 Å². The molecule has 0 saturated heterocycles. The van der Waals surface area contributed by atoms with Crippen molar-refractivity contribution in [2.75, 3.05) is 12.8 Å². The van der Waals surface area contributed by atoms with Gasteiger partial charge in [0.2, 0.25) is 10.0 Å². The van der Waals surface area contributed by atoms with E-state index in [-0.39, 0.29) is 12.3 Å². The number of benzene rings is 1. The van der Waals surface area contributed by atoms with Crippen LogP contribution in [0, 0.1) is 0 Å². The van der Waals surface area contributed by atoms with Gasteiger partial charge in [0.15, 0.2) is 0 Å². The average molecular weight is 293 g/mol. The number of aromatic nitrogens is 2. The number of rotatable bonds is 6. The first kappa shape index (κ1) is 14.9. The lowest BCUT2D eigenvalue weighted by Gasteiger charge is -2.16. The van der Waals surface area contributed by atoms with Crippen molar-refractivity contribution < 1.29 is 8.42 Å². The van der Waals surface area contributed by atoms with E-state index in [1.54, 1.807) is 13.2 Å². The second-order valence-electron chi connectivity index (χ2n) is 4.78. The third-order valence-corrected chi connectivity index (χ3v) is 5.00. The van der Waals surface area contributed by atoms with Gasteiger partial charge in [0, 0.05) is 7.05 Å². The predicted molar refractivity (Wildman–Crippen MR) is 79.7 cm³/mol. The van der Waals surface area contributed by atoms with Crippen molar-refractivity contribution >= 4 is 21.1 Å². The Morgan fingerprint density at radius 1 is 1.20 bits per heavy atom. The molecule has 0 amide bonds. The minimum absolute atomic E-state index is 0.182. The summed E-state index contributed by atoms with van der Waals surface area (Å²) in [5.41, 5.74) is 2.25. The van der Waals surface area contributed by atoms with E-state index in [1.807, 2.05) is 31.2 Å². The van der Waals surface area contributed by atoms with Crippen molar-refractivity contribution in [3.8, 4) is 0 Å². The Kier molecular flexibility index (Phi) is 4.67. The van der Waals surface area contributed by atoms with Gasteiger partial charge in [0.25, 0.3) is 0 Å². The summed E-state index contributed by atoms with van der Waals surface area (Å²) in [6.07, 6.45) is 3.17. The maximum absolute atomic E-state index is 12.0. The summed E-state index contributed by atoms with van der Waals surface area (Å²) in [4.78, 5) is 8.73. The Morgan fingerprint density at radius 3 is 2.60 bits per heavy atom. The molecule has 0 fully saturated rings. The molecule has 0 saturated carbocycles. The van der Waals surface area contributed by atoms with Crippen molar-refractivity contribution in [2.45, 2.75) is 26.3 Å². The number of fused-ring (bicyclic) bond motifs is 1. The summed E-state index contributed by atoms with van der Waals surface area (Å²) in [7, 11) is -1.62. The summed E-state index contributed by atoms with van der Waals surface area (Å²) < 4.78 is 25.4. The van der Waals surface area contributed by atoms with Crippen LogP contribution in [0.1, 0.15) is 25.5 Å². The first-order valence-corrected chi connectivity index (χ1v) is 8.28. The van der Waals surface area contributed by atoms with Crippen LogP contribution in [0.5, 0.6) is 0 Å². The Morgan fingerprint density at radius 2 is 1.90 bits per heavy atom. The van der Waals surface area contributed by atoms with E-state index >= 15 is 0 Å². The lowest BCUT2D eigenvalue weighted by molar-refractivity contribution is 0.460. The number of hydrogen-bond donors (Lipinski definition) is 0. The molecule has 0 atom stereocenters. The third-order valence-electron chi connectivity index (χ3n) is 3.11. The number of unbranched alkanes of at least 4 members (excludes halogenated alkanes) is 1. The van der Waals surface area contributed by atoms with Crippen LogP contribution in [0.25, 0.3) is 11.0 Å². The molecule has 0 N–H and O–H groups in total. The van der Waals surface area contributed by atoms with E-state index in [2.05, 4.69) is 9.97 Å². The summed E-state index contributed by atoms with van der Waals surface area (Å²) in [6.45, 7) is 2.23. The molecule has 2 rings (SSSR count). The molecule has 1 aromatic heterocycles. The number of para-hydroxylation sites is 2. The molecule has 1 heterocycles. The largest absolute Gasteiger partial charge is 0.253 e. The Hall–Kier alpha value is -1.53. The van der Waals surface area contributed by atoms with E-state index in [4.69, 9.17) is 0 Å². The maximum atomic E-state index is 12.0. The molecule has 6 heteroatoms. The predicted octanol–water partition coefficient (Wildman–Crippen LogP) is 2.19. The SMILES string of the molecule is CCCCS(=O)(=O)N(C)Cc1cnc2ccccc2n1. The molecular formula is C14H19N3O2S. The Labute approximate surface area is 119 Å². The molecule has 0 radical (unpaired) electrons. The average Bonchev–Trinajstić information content (AvgIpc) is 2.45. The van der Waals surface area contributed by atoms with Crippen LogP contribution >= 0.6 is 0 Å². The number of sulfonamides is 1. The fourth-order valence-electron chi connectivity index (χ4n) is 1.88. The van der Waals surface area contributed by atoms with Crippen molar-refractivity contribution in [1.82, 2.24) is 14.3 Å². The van der Waals surface area contributed by atoms with Gasteiger partial charge in [0.05, 0.1) is 35.2 Å². The Bertz CT molecular complexity index is 686. The highest BCUT2D eigenvalue weighted by Crippen LogP contribution is 2.11. The Balaban J connectivity index is 2.15. The molecule has 0 aliphatic heterocycles. The van der Waals surface area contributed by atoms with Crippen LogP contribution in [0.2, 0.25) is 0 Å². The smallest absolute Gasteiger partial charge is 0.214 e. The third kappa shape index (κ3) is 3.52. The lowest BCUT2D eigenvalue weighted by atomic mass is 10.3. The molecule has 0 bridgehead atoms. The van der Waals surface area contributed by atoms with Crippen molar-refractivity contribution in [3.63, 3.8) is 0 Å². The number of hydrogen-bond acceptors (Lipinski definition) is 4. The van der Waals surface area contributed by atoms with Gasteiger partial charge in [-0.15, -0.1) is 0 Å². The highest BCUT2D eigenvalue weighted by Gasteiger charge is 2.18. The van der Waals surface area contributed by atoms with E-state index in [9.17, 15) is 8.42 Å². The summed E-state index contributed by atoms with van der Waals surface area (Å²) in [6, 6.07) is 7.55. The minimum Gasteiger partial charge on any atom is -0.253 e. The molecule has 0 spiro atoms. The van der Waals surface area contributed by atoms with Crippen LogP contribution in [-0.2, 0) is 16.6 Å². The van der Waals surface area contributed by atoms with Gasteiger partial charge in [-0.05, 0) is 18.6 Å². The molecule has 0 aliphatic carbocycles. The lowest BCUT2D eigenvalue weighted by Crippen LogP contribution is -2.29. The zero-order chi connectivity index (χ0) is 14.6. The van der Waals surface area contributed by atoms with Crippen LogP contribution < -0.4 is 0 Å². The molecule has 108 valence electrons. The van der Waals surface area contributed by atoms with Crippen molar-refractivity contribution in [2.24, 2.45) is 0 Å². The molecule has 20 heavy (non-hydrogen) atoms. The molecule has 0 aliphatic rings. The molecule has 2 aromatic rings. The topological polar surface area (TPSA) is 63.2 Å². The first-order chi connectivity index (χ1) is 9.53.